The SMILES string of the molecule is c1cncc([C@H](Nc2cccc(N3CCCCCC3)c2)c2ncc[nH]2)c1. The second-order valence-corrected chi connectivity index (χ2v) is 6.79. The molecular weight excluding hydrogens is 322 g/mol. The number of H-pyrrole nitrogens is 1. The van der Waals surface area contributed by atoms with E-state index in [9.17, 15) is 0 Å². The van der Waals surface area contributed by atoms with Gasteiger partial charge in [-0.1, -0.05) is 25.0 Å². The molecule has 3 heterocycles. The minimum Gasteiger partial charge on any atom is -0.371 e. The summed E-state index contributed by atoms with van der Waals surface area (Å²) in [6.45, 7) is 2.29. The number of nitrogens with zero attached hydrogens (tertiary/aromatic N) is 3. The minimum atomic E-state index is -0.0573. The average molecular weight is 347 g/mol. The van der Waals surface area contributed by atoms with Crippen molar-refractivity contribution in [1.82, 2.24) is 15.0 Å². The van der Waals surface area contributed by atoms with Crippen molar-refractivity contribution in [3.8, 4) is 0 Å². The normalized spacial score (nSPS) is 16.1. The van der Waals surface area contributed by atoms with Crippen LogP contribution < -0.4 is 10.2 Å². The van der Waals surface area contributed by atoms with Crippen molar-refractivity contribution in [2.45, 2.75) is 31.7 Å². The zero-order chi connectivity index (χ0) is 17.6. The van der Waals surface area contributed by atoms with E-state index < -0.39 is 0 Å². The summed E-state index contributed by atoms with van der Waals surface area (Å²) in [4.78, 5) is 14.5. The van der Waals surface area contributed by atoms with Gasteiger partial charge in [0, 0.05) is 54.8 Å². The Bertz CT molecular complexity index is 792. The highest BCUT2D eigenvalue weighted by molar-refractivity contribution is 5.59. The zero-order valence-electron chi connectivity index (χ0n) is 14.9. The average Bonchev–Trinajstić information content (AvgIpc) is 3.08. The number of hydrogen-bond acceptors (Lipinski definition) is 4. The molecule has 134 valence electrons. The fraction of sp³-hybridized carbons (Fsp3) is 0.333. The molecule has 2 N–H and O–H groups in total. The largest absolute Gasteiger partial charge is 0.371 e. The maximum Gasteiger partial charge on any atom is 0.133 e. The maximum absolute atomic E-state index is 4.46. The molecule has 3 aromatic rings. The summed E-state index contributed by atoms with van der Waals surface area (Å²) < 4.78 is 0. The molecule has 1 saturated heterocycles. The molecule has 1 fully saturated rings. The number of imidazole rings is 1. The number of aromatic nitrogens is 3. The van der Waals surface area contributed by atoms with Gasteiger partial charge in [-0.3, -0.25) is 4.98 Å². The van der Waals surface area contributed by atoms with Gasteiger partial charge in [0.15, 0.2) is 0 Å². The quantitative estimate of drug-likeness (QED) is 0.719. The summed E-state index contributed by atoms with van der Waals surface area (Å²) in [6, 6.07) is 12.7. The Morgan fingerprint density at radius 3 is 2.62 bits per heavy atom. The van der Waals surface area contributed by atoms with Crippen LogP contribution in [0.2, 0.25) is 0 Å². The molecule has 0 spiro atoms. The van der Waals surface area contributed by atoms with E-state index in [-0.39, 0.29) is 6.04 Å². The van der Waals surface area contributed by atoms with Gasteiger partial charge < -0.3 is 15.2 Å². The van der Waals surface area contributed by atoms with Gasteiger partial charge in [-0.25, -0.2) is 4.98 Å². The molecule has 0 unspecified atom stereocenters. The molecule has 1 aliphatic rings. The summed E-state index contributed by atoms with van der Waals surface area (Å²) in [6.07, 6.45) is 12.6. The number of anilines is 2. The maximum atomic E-state index is 4.46. The van der Waals surface area contributed by atoms with Crippen molar-refractivity contribution in [3.63, 3.8) is 0 Å². The van der Waals surface area contributed by atoms with Crippen LogP contribution in [0.1, 0.15) is 43.1 Å². The van der Waals surface area contributed by atoms with Gasteiger partial charge in [0.2, 0.25) is 0 Å². The van der Waals surface area contributed by atoms with Crippen LogP contribution >= 0.6 is 0 Å². The molecule has 5 heteroatoms. The first-order valence-electron chi connectivity index (χ1n) is 9.41. The monoisotopic (exact) mass is 347 g/mol. The third-order valence-electron chi connectivity index (χ3n) is 4.94. The summed E-state index contributed by atoms with van der Waals surface area (Å²) in [5.41, 5.74) is 3.47. The Balaban J connectivity index is 1.59. The predicted octanol–water partition coefficient (Wildman–Crippen LogP) is 4.39. The number of rotatable bonds is 5. The van der Waals surface area contributed by atoms with Crippen molar-refractivity contribution in [1.29, 1.82) is 0 Å². The van der Waals surface area contributed by atoms with Crippen LogP contribution in [0.15, 0.2) is 61.2 Å². The van der Waals surface area contributed by atoms with Crippen LogP contribution in [-0.2, 0) is 0 Å². The van der Waals surface area contributed by atoms with E-state index in [1.807, 2.05) is 18.5 Å². The van der Waals surface area contributed by atoms with Crippen LogP contribution in [0.25, 0.3) is 0 Å². The molecule has 0 amide bonds. The zero-order valence-corrected chi connectivity index (χ0v) is 14.9. The number of nitrogens with one attached hydrogen (secondary N) is 2. The summed E-state index contributed by atoms with van der Waals surface area (Å²) >= 11 is 0. The molecule has 4 rings (SSSR count). The lowest BCUT2D eigenvalue weighted by Gasteiger charge is -2.24. The van der Waals surface area contributed by atoms with E-state index in [4.69, 9.17) is 0 Å². The lowest BCUT2D eigenvalue weighted by Crippen LogP contribution is -2.24. The Morgan fingerprint density at radius 1 is 1.00 bits per heavy atom. The van der Waals surface area contributed by atoms with Crippen LogP contribution in [0, 0.1) is 0 Å². The second kappa shape index (κ2) is 8.04. The lowest BCUT2D eigenvalue weighted by atomic mass is 10.1. The number of hydrogen-bond donors (Lipinski definition) is 2. The van der Waals surface area contributed by atoms with Gasteiger partial charge in [-0.15, -0.1) is 0 Å². The third kappa shape index (κ3) is 3.87. The highest BCUT2D eigenvalue weighted by atomic mass is 15.1. The van der Waals surface area contributed by atoms with E-state index in [1.165, 1.54) is 31.4 Å². The van der Waals surface area contributed by atoms with Gasteiger partial charge in [0.1, 0.15) is 11.9 Å². The highest BCUT2D eigenvalue weighted by Gasteiger charge is 2.17. The molecule has 1 atom stereocenters. The van der Waals surface area contributed by atoms with Crippen LogP contribution in [0.3, 0.4) is 0 Å². The van der Waals surface area contributed by atoms with E-state index >= 15 is 0 Å². The first-order chi connectivity index (χ1) is 12.9. The molecule has 1 aliphatic heterocycles. The van der Waals surface area contributed by atoms with Crippen molar-refractivity contribution < 1.29 is 0 Å². The summed E-state index contributed by atoms with van der Waals surface area (Å²) in [5.74, 6) is 0.887. The van der Waals surface area contributed by atoms with Crippen molar-refractivity contribution >= 4 is 11.4 Å². The Kier molecular flexibility index (Phi) is 5.14. The van der Waals surface area contributed by atoms with Gasteiger partial charge in [0.25, 0.3) is 0 Å². The molecule has 0 aliphatic carbocycles. The van der Waals surface area contributed by atoms with Gasteiger partial charge in [0.05, 0.1) is 0 Å². The summed E-state index contributed by atoms with van der Waals surface area (Å²) in [7, 11) is 0. The molecule has 0 saturated carbocycles. The number of pyridine rings is 1. The predicted molar refractivity (Wildman–Crippen MR) is 105 cm³/mol. The van der Waals surface area contributed by atoms with Crippen LogP contribution in [-0.4, -0.2) is 28.0 Å². The van der Waals surface area contributed by atoms with E-state index in [0.29, 0.717) is 0 Å². The minimum absolute atomic E-state index is 0.0573. The van der Waals surface area contributed by atoms with Crippen molar-refractivity contribution in [2.75, 3.05) is 23.3 Å². The Labute approximate surface area is 154 Å². The molecule has 26 heavy (non-hydrogen) atoms. The molecular formula is C21H25N5. The molecule has 5 nitrogen and oxygen atoms in total. The highest BCUT2D eigenvalue weighted by Crippen LogP contribution is 2.27. The van der Waals surface area contributed by atoms with Crippen molar-refractivity contribution in [3.05, 3.63) is 72.6 Å². The summed E-state index contributed by atoms with van der Waals surface area (Å²) in [5, 5.41) is 3.63. The van der Waals surface area contributed by atoms with Gasteiger partial charge in [-0.2, -0.15) is 0 Å². The second-order valence-electron chi connectivity index (χ2n) is 6.79. The van der Waals surface area contributed by atoms with E-state index in [1.54, 1.807) is 12.4 Å². The lowest BCUT2D eigenvalue weighted by molar-refractivity contribution is 0.726. The van der Waals surface area contributed by atoms with Crippen molar-refractivity contribution in [2.24, 2.45) is 0 Å². The third-order valence-corrected chi connectivity index (χ3v) is 4.94. The van der Waals surface area contributed by atoms with Crippen LogP contribution in [0.4, 0.5) is 11.4 Å². The van der Waals surface area contributed by atoms with E-state index in [0.717, 1.165) is 30.2 Å². The van der Waals surface area contributed by atoms with E-state index in [2.05, 4.69) is 55.5 Å². The molecule has 1 aromatic carbocycles. The number of benzene rings is 1. The Hall–Kier alpha value is -2.82. The van der Waals surface area contributed by atoms with Gasteiger partial charge >= 0.3 is 0 Å². The fourth-order valence-electron chi connectivity index (χ4n) is 3.58. The first-order valence-corrected chi connectivity index (χ1v) is 9.41. The standard InChI is InChI=1S/C21H25N5/c1-2-4-14-26(13-3-1)19-9-5-8-18(15-19)25-20(21-23-11-12-24-21)17-7-6-10-22-16-17/h5-12,15-16,20,25H,1-4,13-14H2,(H,23,24)/t20-/m0/s1. The number of aromatic amines is 1. The first kappa shape index (κ1) is 16.6. The van der Waals surface area contributed by atoms with Gasteiger partial charge in [-0.05, 0) is 37.1 Å². The Morgan fingerprint density at radius 2 is 1.88 bits per heavy atom. The fourth-order valence-corrected chi connectivity index (χ4v) is 3.58. The molecule has 0 radical (unpaired) electrons. The molecule has 0 bridgehead atoms. The van der Waals surface area contributed by atoms with Crippen LogP contribution in [0.5, 0.6) is 0 Å². The molecule has 2 aromatic heterocycles. The smallest absolute Gasteiger partial charge is 0.133 e. The topological polar surface area (TPSA) is 56.8 Å².